The van der Waals surface area contributed by atoms with Gasteiger partial charge in [-0.3, -0.25) is 4.79 Å². The Kier molecular flexibility index (Phi) is 4.14. The number of anilines is 1. The first-order chi connectivity index (χ1) is 9.49. The SMILES string of the molecule is CC(C)[C@@H](N)C(=O)Nc1cccc(-c2nncn2C)c1. The van der Waals surface area contributed by atoms with Crippen LogP contribution in [-0.2, 0) is 11.8 Å². The Hall–Kier alpha value is -2.21. The highest BCUT2D eigenvalue weighted by atomic mass is 16.2. The van der Waals surface area contributed by atoms with Gasteiger partial charge in [-0.25, -0.2) is 0 Å². The van der Waals surface area contributed by atoms with Gasteiger partial charge in [-0.15, -0.1) is 10.2 Å². The summed E-state index contributed by atoms with van der Waals surface area (Å²) in [6.45, 7) is 3.83. The number of nitrogens with two attached hydrogens (primary N) is 1. The minimum Gasteiger partial charge on any atom is -0.325 e. The van der Waals surface area contributed by atoms with Gasteiger partial charge in [0.2, 0.25) is 5.91 Å². The summed E-state index contributed by atoms with van der Waals surface area (Å²) < 4.78 is 1.82. The lowest BCUT2D eigenvalue weighted by Crippen LogP contribution is -2.39. The molecular formula is C14H19N5O. The number of nitrogens with one attached hydrogen (secondary N) is 1. The van der Waals surface area contributed by atoms with Gasteiger partial charge in [0.05, 0.1) is 6.04 Å². The molecule has 0 bridgehead atoms. The van der Waals surface area contributed by atoms with Gasteiger partial charge in [0.15, 0.2) is 5.82 Å². The average Bonchev–Trinajstić information content (AvgIpc) is 2.84. The highest BCUT2D eigenvalue weighted by Crippen LogP contribution is 2.20. The van der Waals surface area contributed by atoms with Crippen LogP contribution < -0.4 is 11.1 Å². The number of rotatable bonds is 4. The smallest absolute Gasteiger partial charge is 0.241 e. The second-order valence-electron chi connectivity index (χ2n) is 5.11. The van der Waals surface area contributed by atoms with Crippen molar-refractivity contribution < 1.29 is 4.79 Å². The quantitative estimate of drug-likeness (QED) is 0.881. The van der Waals surface area contributed by atoms with Gasteiger partial charge >= 0.3 is 0 Å². The number of carbonyl (C=O) groups excluding carboxylic acids is 1. The molecule has 1 aromatic carbocycles. The van der Waals surface area contributed by atoms with Crippen LogP contribution in [0.1, 0.15) is 13.8 Å². The number of benzene rings is 1. The van der Waals surface area contributed by atoms with E-state index in [4.69, 9.17) is 5.73 Å². The van der Waals surface area contributed by atoms with Gasteiger partial charge in [-0.05, 0) is 18.1 Å². The molecule has 0 radical (unpaired) electrons. The van der Waals surface area contributed by atoms with Crippen molar-refractivity contribution in [1.29, 1.82) is 0 Å². The molecule has 1 atom stereocenters. The van der Waals surface area contributed by atoms with Crippen molar-refractivity contribution >= 4 is 11.6 Å². The molecule has 1 aromatic heterocycles. The number of aromatic nitrogens is 3. The van der Waals surface area contributed by atoms with Gasteiger partial charge in [-0.1, -0.05) is 26.0 Å². The number of hydrogen-bond donors (Lipinski definition) is 2. The lowest BCUT2D eigenvalue weighted by molar-refractivity contribution is -0.118. The minimum absolute atomic E-state index is 0.0944. The van der Waals surface area contributed by atoms with E-state index in [1.165, 1.54) is 0 Å². The Labute approximate surface area is 118 Å². The molecule has 106 valence electrons. The minimum atomic E-state index is -0.520. The highest BCUT2D eigenvalue weighted by molar-refractivity contribution is 5.95. The Morgan fingerprint density at radius 1 is 1.40 bits per heavy atom. The fraction of sp³-hybridized carbons (Fsp3) is 0.357. The standard InChI is InChI=1S/C14H19N5O/c1-9(2)12(15)14(20)17-11-6-4-5-10(7-11)13-18-16-8-19(13)3/h4-9,12H,15H2,1-3H3,(H,17,20)/t12-/m1/s1. The molecule has 1 amide bonds. The number of aryl methyl sites for hydroxylation is 1. The molecule has 20 heavy (non-hydrogen) atoms. The third-order valence-electron chi connectivity index (χ3n) is 3.12. The second kappa shape index (κ2) is 5.83. The predicted molar refractivity (Wildman–Crippen MR) is 77.9 cm³/mol. The largest absolute Gasteiger partial charge is 0.325 e. The number of hydrogen-bond acceptors (Lipinski definition) is 4. The third kappa shape index (κ3) is 3.03. The van der Waals surface area contributed by atoms with Gasteiger partial charge < -0.3 is 15.6 Å². The van der Waals surface area contributed by atoms with Crippen LogP contribution in [-0.4, -0.2) is 26.7 Å². The van der Waals surface area contributed by atoms with Crippen LogP contribution in [0.15, 0.2) is 30.6 Å². The third-order valence-corrected chi connectivity index (χ3v) is 3.12. The number of carbonyl (C=O) groups is 1. The summed E-state index contributed by atoms with van der Waals surface area (Å²) in [7, 11) is 1.87. The average molecular weight is 273 g/mol. The first-order valence-corrected chi connectivity index (χ1v) is 6.50. The van der Waals surface area contributed by atoms with E-state index in [1.807, 2.05) is 49.7 Å². The summed E-state index contributed by atoms with van der Waals surface area (Å²) in [6, 6.07) is 6.94. The Morgan fingerprint density at radius 3 is 2.75 bits per heavy atom. The van der Waals surface area contributed by atoms with Crippen LogP contribution in [0.2, 0.25) is 0 Å². The summed E-state index contributed by atoms with van der Waals surface area (Å²) in [5.74, 6) is 0.654. The zero-order chi connectivity index (χ0) is 14.7. The number of nitrogens with zero attached hydrogens (tertiary/aromatic N) is 3. The van der Waals surface area contributed by atoms with Crippen molar-refractivity contribution in [2.45, 2.75) is 19.9 Å². The summed E-state index contributed by atoms with van der Waals surface area (Å²) in [5, 5.41) is 10.7. The lowest BCUT2D eigenvalue weighted by Gasteiger charge is -2.15. The molecule has 1 heterocycles. The number of amides is 1. The zero-order valence-corrected chi connectivity index (χ0v) is 11.9. The van der Waals surface area contributed by atoms with E-state index in [2.05, 4.69) is 15.5 Å². The molecule has 0 unspecified atom stereocenters. The summed E-state index contributed by atoms with van der Waals surface area (Å²) in [4.78, 5) is 11.9. The predicted octanol–water partition coefficient (Wildman–Crippen LogP) is 1.40. The van der Waals surface area contributed by atoms with E-state index in [-0.39, 0.29) is 11.8 Å². The van der Waals surface area contributed by atoms with Crippen molar-refractivity contribution in [2.75, 3.05) is 5.32 Å². The van der Waals surface area contributed by atoms with E-state index in [0.717, 1.165) is 11.4 Å². The fourth-order valence-corrected chi connectivity index (χ4v) is 1.81. The highest BCUT2D eigenvalue weighted by Gasteiger charge is 2.17. The van der Waals surface area contributed by atoms with Crippen LogP contribution in [0.5, 0.6) is 0 Å². The molecule has 0 saturated carbocycles. The van der Waals surface area contributed by atoms with Gasteiger partial charge in [0.25, 0.3) is 0 Å². The molecule has 3 N–H and O–H groups in total. The molecule has 6 heteroatoms. The molecule has 6 nitrogen and oxygen atoms in total. The Morgan fingerprint density at radius 2 is 2.15 bits per heavy atom. The first-order valence-electron chi connectivity index (χ1n) is 6.50. The topological polar surface area (TPSA) is 85.8 Å². The molecule has 0 aliphatic heterocycles. The summed E-state index contributed by atoms with van der Waals surface area (Å²) >= 11 is 0. The zero-order valence-electron chi connectivity index (χ0n) is 11.9. The molecule has 0 fully saturated rings. The van der Waals surface area contributed by atoms with E-state index in [0.29, 0.717) is 5.69 Å². The van der Waals surface area contributed by atoms with Gasteiger partial charge in [0.1, 0.15) is 6.33 Å². The first kappa shape index (κ1) is 14.2. The monoisotopic (exact) mass is 273 g/mol. The van der Waals surface area contributed by atoms with E-state index >= 15 is 0 Å². The maximum atomic E-state index is 11.9. The van der Waals surface area contributed by atoms with Crippen LogP contribution in [0.25, 0.3) is 11.4 Å². The second-order valence-corrected chi connectivity index (χ2v) is 5.11. The summed E-state index contributed by atoms with van der Waals surface area (Å²) in [6.07, 6.45) is 1.63. The van der Waals surface area contributed by atoms with E-state index in [1.54, 1.807) is 6.33 Å². The maximum absolute atomic E-state index is 11.9. The normalized spacial score (nSPS) is 12.4. The van der Waals surface area contributed by atoms with E-state index < -0.39 is 6.04 Å². The van der Waals surface area contributed by atoms with Gasteiger partial charge in [-0.2, -0.15) is 0 Å². The van der Waals surface area contributed by atoms with Crippen molar-refractivity contribution in [3.63, 3.8) is 0 Å². The van der Waals surface area contributed by atoms with E-state index in [9.17, 15) is 4.79 Å². The molecule has 2 aromatic rings. The van der Waals surface area contributed by atoms with Crippen molar-refractivity contribution in [1.82, 2.24) is 14.8 Å². The summed E-state index contributed by atoms with van der Waals surface area (Å²) in [5.41, 5.74) is 7.42. The van der Waals surface area contributed by atoms with Crippen LogP contribution in [0, 0.1) is 5.92 Å². The van der Waals surface area contributed by atoms with Crippen molar-refractivity contribution in [2.24, 2.45) is 18.7 Å². The van der Waals surface area contributed by atoms with Crippen LogP contribution in [0.3, 0.4) is 0 Å². The molecule has 0 aliphatic carbocycles. The lowest BCUT2D eigenvalue weighted by atomic mass is 10.0. The van der Waals surface area contributed by atoms with Gasteiger partial charge in [0, 0.05) is 18.3 Å². The molecule has 0 aliphatic rings. The molecule has 0 saturated heterocycles. The Bertz CT molecular complexity index is 605. The molecule has 2 rings (SSSR count). The van der Waals surface area contributed by atoms with Crippen molar-refractivity contribution in [3.8, 4) is 11.4 Å². The Balaban J connectivity index is 2.19. The molecule has 0 spiro atoms. The maximum Gasteiger partial charge on any atom is 0.241 e. The van der Waals surface area contributed by atoms with Crippen LogP contribution in [0.4, 0.5) is 5.69 Å². The van der Waals surface area contributed by atoms with Crippen molar-refractivity contribution in [3.05, 3.63) is 30.6 Å². The van der Waals surface area contributed by atoms with Crippen LogP contribution >= 0.6 is 0 Å². The molecular weight excluding hydrogens is 254 g/mol. The fourth-order valence-electron chi connectivity index (χ4n) is 1.81.